The molecule has 150 valence electrons. The van der Waals surface area contributed by atoms with Crippen LogP contribution in [0, 0.1) is 0 Å². The largest absolute Gasteiger partial charge is 0.447 e. The summed E-state index contributed by atoms with van der Waals surface area (Å²) in [4.78, 5) is 31.5. The van der Waals surface area contributed by atoms with Gasteiger partial charge >= 0.3 is 5.97 Å². The second-order valence-corrected chi connectivity index (χ2v) is 7.38. The molecule has 1 aliphatic rings. The Balaban J connectivity index is 1.43. The third-order valence-electron chi connectivity index (χ3n) is 4.49. The van der Waals surface area contributed by atoms with Gasteiger partial charge in [-0.2, -0.15) is 0 Å². The molecule has 1 aromatic heterocycles. The van der Waals surface area contributed by atoms with E-state index in [-0.39, 0.29) is 11.7 Å². The quantitative estimate of drug-likeness (QED) is 0.455. The molecule has 1 saturated heterocycles. The summed E-state index contributed by atoms with van der Waals surface area (Å²) < 4.78 is 16.5. The van der Waals surface area contributed by atoms with Crippen LogP contribution in [0.1, 0.15) is 11.7 Å². The van der Waals surface area contributed by atoms with Crippen LogP contribution in [0.2, 0.25) is 0 Å². The fraction of sp³-hybridized carbons (Fsp3) is 0.286. The minimum absolute atomic E-state index is 0.00739. The number of morpholine rings is 1. The molecule has 29 heavy (non-hydrogen) atoms. The van der Waals surface area contributed by atoms with Gasteiger partial charge in [-0.25, -0.2) is 4.98 Å². The van der Waals surface area contributed by atoms with Gasteiger partial charge in [-0.15, -0.1) is 0 Å². The lowest BCUT2D eigenvalue weighted by atomic mass is 10.1. The molecule has 8 heteroatoms. The van der Waals surface area contributed by atoms with E-state index in [1.807, 2.05) is 42.5 Å². The lowest BCUT2D eigenvalue weighted by molar-refractivity contribution is -0.160. The molecule has 2 aromatic carbocycles. The maximum Gasteiger partial charge on any atom is 0.317 e. The minimum atomic E-state index is -0.981. The fourth-order valence-corrected chi connectivity index (χ4v) is 3.66. The topological polar surface area (TPSA) is 81.9 Å². The van der Waals surface area contributed by atoms with Gasteiger partial charge in [-0.3, -0.25) is 9.59 Å². The molecule has 4 rings (SSSR count). The number of hydrogen-bond donors (Lipinski definition) is 0. The molecule has 0 radical (unpaired) electrons. The number of thioether (sulfide) groups is 1. The first-order valence-corrected chi connectivity index (χ1v) is 10.3. The summed E-state index contributed by atoms with van der Waals surface area (Å²) in [6.07, 6.45) is -0.981. The zero-order valence-electron chi connectivity index (χ0n) is 15.7. The van der Waals surface area contributed by atoms with Crippen LogP contribution < -0.4 is 0 Å². The number of oxazole rings is 1. The zero-order chi connectivity index (χ0) is 20.1. The van der Waals surface area contributed by atoms with Gasteiger partial charge in [-0.1, -0.05) is 54.2 Å². The average molecular weight is 412 g/mol. The van der Waals surface area contributed by atoms with Crippen molar-refractivity contribution in [1.29, 1.82) is 0 Å². The summed E-state index contributed by atoms with van der Waals surface area (Å²) in [5, 5.41) is 0.388. The van der Waals surface area contributed by atoms with Crippen molar-refractivity contribution in [2.45, 2.75) is 11.3 Å². The Bertz CT molecular complexity index is 952. The van der Waals surface area contributed by atoms with Crippen LogP contribution in [0.3, 0.4) is 0 Å². The number of nitrogens with zero attached hydrogens (tertiary/aromatic N) is 2. The summed E-state index contributed by atoms with van der Waals surface area (Å²) in [6, 6.07) is 16.4. The van der Waals surface area contributed by atoms with Crippen LogP contribution in [-0.2, 0) is 19.1 Å². The monoisotopic (exact) mass is 412 g/mol. The van der Waals surface area contributed by atoms with Crippen molar-refractivity contribution in [1.82, 2.24) is 9.88 Å². The molecule has 0 unspecified atom stereocenters. The Labute approximate surface area is 172 Å². The lowest BCUT2D eigenvalue weighted by Crippen LogP contribution is -2.44. The highest BCUT2D eigenvalue weighted by Gasteiger charge is 2.30. The zero-order valence-corrected chi connectivity index (χ0v) is 16.5. The fourth-order valence-electron chi connectivity index (χ4n) is 3.04. The Morgan fingerprint density at radius 2 is 1.79 bits per heavy atom. The van der Waals surface area contributed by atoms with Crippen molar-refractivity contribution in [2.75, 3.05) is 32.1 Å². The van der Waals surface area contributed by atoms with Gasteiger partial charge in [0.05, 0.1) is 13.2 Å². The molecule has 0 saturated carbocycles. The molecule has 1 amide bonds. The predicted molar refractivity (Wildman–Crippen MR) is 107 cm³/mol. The van der Waals surface area contributed by atoms with Crippen molar-refractivity contribution in [3.05, 3.63) is 60.2 Å². The molecule has 7 nitrogen and oxygen atoms in total. The standard InChI is InChI=1S/C21H20N2O5S/c24-18(14-29-21-22-16-8-4-5-9-17(16)27-21)28-19(15-6-2-1-3-7-15)20(25)23-10-12-26-13-11-23/h1-9,19H,10-14H2/t19-/m1/s1. The molecule has 1 fully saturated rings. The summed E-state index contributed by atoms with van der Waals surface area (Å²) in [7, 11) is 0. The smallest absolute Gasteiger partial charge is 0.317 e. The van der Waals surface area contributed by atoms with Crippen LogP contribution in [0.5, 0.6) is 0 Å². The SMILES string of the molecule is O=C(CSc1nc2ccccc2o1)O[C@@H](C(=O)N1CCOCC1)c1ccccc1. The first-order chi connectivity index (χ1) is 14.2. The molecule has 0 spiro atoms. The molecule has 0 bridgehead atoms. The maximum absolute atomic E-state index is 13.0. The maximum atomic E-state index is 13.0. The van der Waals surface area contributed by atoms with Gasteiger partial charge in [0, 0.05) is 18.7 Å². The number of carbonyl (C=O) groups excluding carboxylic acids is 2. The first-order valence-electron chi connectivity index (χ1n) is 9.30. The van der Waals surface area contributed by atoms with Gasteiger partial charge in [0.15, 0.2) is 5.58 Å². The first kappa shape index (κ1) is 19.5. The van der Waals surface area contributed by atoms with Gasteiger partial charge in [-0.05, 0) is 12.1 Å². The molecule has 0 aliphatic carbocycles. The normalized spacial score (nSPS) is 15.2. The van der Waals surface area contributed by atoms with E-state index in [0.717, 1.165) is 17.3 Å². The number of esters is 1. The number of para-hydroxylation sites is 2. The second-order valence-electron chi connectivity index (χ2n) is 6.45. The third kappa shape index (κ3) is 4.78. The number of ether oxygens (including phenoxy) is 2. The average Bonchev–Trinajstić information content (AvgIpc) is 3.20. The van der Waals surface area contributed by atoms with Gasteiger partial charge < -0.3 is 18.8 Å². The van der Waals surface area contributed by atoms with Gasteiger partial charge in [0.1, 0.15) is 11.3 Å². The van der Waals surface area contributed by atoms with E-state index in [9.17, 15) is 9.59 Å². The summed E-state index contributed by atoms with van der Waals surface area (Å²) in [5.41, 5.74) is 2.03. The highest BCUT2D eigenvalue weighted by molar-refractivity contribution is 7.99. The van der Waals surface area contributed by atoms with Crippen LogP contribution in [0.15, 0.2) is 64.2 Å². The van der Waals surface area contributed by atoms with Crippen molar-refractivity contribution >= 4 is 34.7 Å². The van der Waals surface area contributed by atoms with Crippen LogP contribution in [-0.4, -0.2) is 53.8 Å². The lowest BCUT2D eigenvalue weighted by Gasteiger charge is -2.30. The molecule has 3 aromatic rings. The van der Waals surface area contributed by atoms with E-state index in [2.05, 4.69) is 4.98 Å². The number of rotatable bonds is 6. The molecule has 1 atom stereocenters. The number of amides is 1. The number of hydrogen-bond acceptors (Lipinski definition) is 7. The Morgan fingerprint density at radius 1 is 1.07 bits per heavy atom. The predicted octanol–water partition coefficient (Wildman–Crippen LogP) is 3.06. The van der Waals surface area contributed by atoms with Crippen LogP contribution in [0.4, 0.5) is 0 Å². The van der Waals surface area contributed by atoms with E-state index < -0.39 is 12.1 Å². The van der Waals surface area contributed by atoms with Crippen molar-refractivity contribution < 1.29 is 23.5 Å². The highest BCUT2D eigenvalue weighted by atomic mass is 32.2. The number of fused-ring (bicyclic) bond motifs is 1. The van der Waals surface area contributed by atoms with Crippen molar-refractivity contribution in [2.24, 2.45) is 0 Å². The Hall–Kier alpha value is -2.84. The van der Waals surface area contributed by atoms with Gasteiger partial charge in [0.25, 0.3) is 11.1 Å². The van der Waals surface area contributed by atoms with Crippen LogP contribution >= 0.6 is 11.8 Å². The molecule has 1 aliphatic heterocycles. The molecular weight excluding hydrogens is 392 g/mol. The molecule has 2 heterocycles. The number of carbonyl (C=O) groups is 2. The van der Waals surface area contributed by atoms with Crippen LogP contribution in [0.25, 0.3) is 11.1 Å². The highest BCUT2D eigenvalue weighted by Crippen LogP contribution is 2.25. The van der Waals surface area contributed by atoms with E-state index in [4.69, 9.17) is 13.9 Å². The number of aromatic nitrogens is 1. The minimum Gasteiger partial charge on any atom is -0.447 e. The van der Waals surface area contributed by atoms with E-state index >= 15 is 0 Å². The Morgan fingerprint density at radius 3 is 2.55 bits per heavy atom. The van der Waals surface area contributed by atoms with E-state index in [0.29, 0.717) is 42.7 Å². The number of benzene rings is 2. The van der Waals surface area contributed by atoms with Crippen molar-refractivity contribution in [3.8, 4) is 0 Å². The summed E-state index contributed by atoms with van der Waals surface area (Å²) in [5.74, 6) is -0.751. The van der Waals surface area contributed by atoms with E-state index in [1.54, 1.807) is 17.0 Å². The molecular formula is C21H20N2O5S. The van der Waals surface area contributed by atoms with Gasteiger partial charge in [0.2, 0.25) is 6.10 Å². The Kier molecular flexibility index (Phi) is 6.12. The summed E-state index contributed by atoms with van der Waals surface area (Å²) >= 11 is 1.14. The summed E-state index contributed by atoms with van der Waals surface area (Å²) in [6.45, 7) is 1.93. The molecule has 0 N–H and O–H groups in total. The van der Waals surface area contributed by atoms with Crippen molar-refractivity contribution in [3.63, 3.8) is 0 Å². The van der Waals surface area contributed by atoms with E-state index in [1.165, 1.54) is 0 Å². The second kappa shape index (κ2) is 9.11. The third-order valence-corrected chi connectivity index (χ3v) is 5.29.